The van der Waals surface area contributed by atoms with E-state index < -0.39 is 16.9 Å². The van der Waals surface area contributed by atoms with Crippen molar-refractivity contribution < 1.29 is 29.6 Å². The van der Waals surface area contributed by atoms with Gasteiger partial charge in [-0.25, -0.2) is 9.59 Å². The van der Waals surface area contributed by atoms with Crippen LogP contribution in [0.2, 0.25) is 0 Å². The second-order valence-corrected chi connectivity index (χ2v) is 6.32. The monoisotopic (exact) mass is 446 g/mol. The van der Waals surface area contributed by atoms with Gasteiger partial charge in [-0.3, -0.25) is 19.6 Å². The Labute approximate surface area is 177 Å². The first-order chi connectivity index (χ1) is 10.8. The Morgan fingerprint density at radius 2 is 1.46 bits per heavy atom. The number of rotatable bonds is 2. The van der Waals surface area contributed by atoms with Crippen molar-refractivity contribution in [2.75, 3.05) is 11.5 Å². The molecule has 24 heavy (non-hydrogen) atoms. The fourth-order valence-electron chi connectivity index (χ4n) is 1.05. The van der Waals surface area contributed by atoms with Gasteiger partial charge in [0.15, 0.2) is 0 Å². The molecule has 0 saturated carbocycles. The number of hydrogen-bond donors (Lipinski definition) is 4. The normalized spacial score (nSPS) is 8.83. The molecule has 0 aliphatic heterocycles. The van der Waals surface area contributed by atoms with Gasteiger partial charge in [0.25, 0.3) is 11.1 Å². The van der Waals surface area contributed by atoms with Crippen molar-refractivity contribution in [2.24, 2.45) is 0 Å². The fourth-order valence-corrected chi connectivity index (χ4v) is 1.90. The minimum absolute atomic E-state index is 0. The summed E-state index contributed by atoms with van der Waals surface area (Å²) in [5.74, 6) is 1.65. The van der Waals surface area contributed by atoms with Crippen molar-refractivity contribution in [3.63, 3.8) is 0 Å². The van der Waals surface area contributed by atoms with Crippen LogP contribution in [-0.4, -0.2) is 31.4 Å². The van der Waals surface area contributed by atoms with E-state index in [2.05, 4.69) is 43.5 Å². The molecule has 0 bridgehead atoms. The van der Waals surface area contributed by atoms with Crippen molar-refractivity contribution in [3.05, 3.63) is 58.5 Å². The van der Waals surface area contributed by atoms with Crippen LogP contribution in [0.5, 0.6) is 0 Å². The van der Waals surface area contributed by atoms with Crippen LogP contribution in [0.4, 0.5) is 0 Å². The van der Waals surface area contributed by atoms with E-state index in [1.807, 2.05) is 18.8 Å². The molecule has 12 heteroatoms. The first-order valence-electron chi connectivity index (χ1n) is 6.36. The Balaban J connectivity index is 0. The summed E-state index contributed by atoms with van der Waals surface area (Å²) < 4.78 is 0.321. The van der Waals surface area contributed by atoms with Crippen LogP contribution in [0.15, 0.2) is 40.9 Å². The molecular formula is C12H16BrN4NaO4S2. The molecule has 4 N–H and O–H groups in total. The van der Waals surface area contributed by atoms with E-state index >= 15 is 0 Å². The Kier molecular flexibility index (Phi) is 15.9. The van der Waals surface area contributed by atoms with E-state index in [0.29, 0.717) is 9.37 Å². The summed E-state index contributed by atoms with van der Waals surface area (Å²) in [6, 6.07) is 0. The number of aromatic nitrogens is 4. The number of aromatic amines is 4. The molecule has 0 fully saturated rings. The Hall–Kier alpha value is -0.460. The fraction of sp³-hybridized carbons (Fsp3) is 0.333. The Morgan fingerprint density at radius 3 is 1.83 bits per heavy atom. The third-order valence-electron chi connectivity index (χ3n) is 1.86. The minimum atomic E-state index is -0.497. The average molecular weight is 447 g/mol. The van der Waals surface area contributed by atoms with Crippen LogP contribution in [0.1, 0.15) is 13.8 Å². The Bertz CT molecular complexity index is 818. The molecule has 0 aliphatic carbocycles. The number of H-pyrrole nitrogens is 4. The molecule has 0 atom stereocenters. The summed E-state index contributed by atoms with van der Waals surface area (Å²) in [4.78, 5) is 51.7. The van der Waals surface area contributed by atoms with E-state index in [4.69, 9.17) is 0 Å². The van der Waals surface area contributed by atoms with Gasteiger partial charge >= 0.3 is 40.9 Å². The molecule has 0 amide bonds. The number of hydrogen-bond acceptors (Lipinski definition) is 6. The molecule has 0 spiro atoms. The smallest absolute Gasteiger partial charge is 0.793 e. The van der Waals surface area contributed by atoms with E-state index in [9.17, 15) is 19.2 Å². The van der Waals surface area contributed by atoms with Gasteiger partial charge in [0.05, 0.1) is 9.37 Å². The average Bonchev–Trinajstić information content (AvgIpc) is 2.48. The summed E-state index contributed by atoms with van der Waals surface area (Å²) in [5.41, 5.74) is -1.70. The molecule has 2 aromatic heterocycles. The van der Waals surface area contributed by atoms with Crippen molar-refractivity contribution in [2.45, 2.75) is 18.7 Å². The van der Waals surface area contributed by atoms with Gasteiger partial charge in [0, 0.05) is 12.4 Å². The molecule has 0 saturated heterocycles. The maximum absolute atomic E-state index is 10.9. The first-order valence-corrected chi connectivity index (χ1v) is 8.71. The van der Waals surface area contributed by atoms with Gasteiger partial charge in [0.1, 0.15) is 0 Å². The molecule has 2 rings (SSSR count). The number of thioether (sulfide) groups is 1. The summed E-state index contributed by atoms with van der Waals surface area (Å²) in [7, 11) is 0. The maximum atomic E-state index is 10.9. The van der Waals surface area contributed by atoms with Crippen molar-refractivity contribution in [1.29, 1.82) is 0 Å². The van der Waals surface area contributed by atoms with Crippen LogP contribution in [0, 0.1) is 0 Å². The molecule has 0 radical (unpaired) electrons. The molecule has 2 aromatic rings. The number of halogens is 1. The van der Waals surface area contributed by atoms with Gasteiger partial charge in [-0.15, -0.1) is 11.8 Å². The summed E-state index contributed by atoms with van der Waals surface area (Å²) >= 11 is 8.71. The van der Waals surface area contributed by atoms with E-state index in [1.165, 1.54) is 24.2 Å². The molecule has 0 unspecified atom stereocenters. The molecule has 0 aliphatic rings. The molecule has 0 aromatic carbocycles. The van der Waals surface area contributed by atoms with Crippen molar-refractivity contribution in [3.8, 4) is 0 Å². The quantitative estimate of drug-likeness (QED) is 0.230. The summed E-state index contributed by atoms with van der Waals surface area (Å²) in [5, 5.41) is 0. The van der Waals surface area contributed by atoms with E-state index in [-0.39, 0.29) is 35.1 Å². The van der Waals surface area contributed by atoms with Gasteiger partial charge in [-0.05, 0) is 21.7 Å². The van der Waals surface area contributed by atoms with Crippen molar-refractivity contribution >= 4 is 40.3 Å². The molecule has 128 valence electrons. The second-order valence-electron chi connectivity index (χ2n) is 3.58. The zero-order valence-corrected chi connectivity index (χ0v) is 18.6. The Morgan fingerprint density at radius 1 is 1.00 bits per heavy atom. The van der Waals surface area contributed by atoms with Gasteiger partial charge in [-0.1, -0.05) is 13.8 Å². The number of nitrogens with one attached hydrogen (secondary N) is 4. The van der Waals surface area contributed by atoms with Gasteiger partial charge < -0.3 is 22.6 Å². The first kappa shape index (κ1) is 25.8. The molecule has 8 nitrogen and oxygen atoms in total. The second kappa shape index (κ2) is 14.8. The van der Waals surface area contributed by atoms with Crippen LogP contribution < -0.4 is 52.1 Å². The SMILES string of the molecule is CCSc1c[nH]c(=O)[nH]c1=O.CC[S-].O=c1[nH]cc(Br)c(=O)[nH]1.[Na+]. The van der Waals surface area contributed by atoms with Gasteiger partial charge in [-0.2, -0.15) is 5.75 Å². The van der Waals surface area contributed by atoms with Crippen LogP contribution in [0.3, 0.4) is 0 Å². The molecule has 2 heterocycles. The largest absolute Gasteiger partial charge is 1.00 e. The maximum Gasteiger partial charge on any atom is 1.00 e. The summed E-state index contributed by atoms with van der Waals surface area (Å²) in [6.07, 6.45) is 2.72. The van der Waals surface area contributed by atoms with E-state index in [0.717, 1.165) is 11.5 Å². The van der Waals surface area contributed by atoms with Gasteiger partial charge in [0.2, 0.25) is 0 Å². The predicted molar refractivity (Wildman–Crippen MR) is 97.4 cm³/mol. The zero-order chi connectivity index (χ0) is 17.8. The van der Waals surface area contributed by atoms with Crippen LogP contribution in [-0.2, 0) is 12.6 Å². The topological polar surface area (TPSA) is 131 Å². The minimum Gasteiger partial charge on any atom is -0.793 e. The summed E-state index contributed by atoms with van der Waals surface area (Å²) in [6.45, 7) is 3.88. The van der Waals surface area contributed by atoms with Crippen molar-refractivity contribution in [1.82, 2.24) is 19.9 Å². The van der Waals surface area contributed by atoms with Crippen LogP contribution >= 0.6 is 27.7 Å². The third kappa shape index (κ3) is 11.2. The predicted octanol–water partition coefficient (Wildman–Crippen LogP) is -2.44. The van der Waals surface area contributed by atoms with E-state index in [1.54, 1.807) is 0 Å². The third-order valence-corrected chi connectivity index (χ3v) is 3.35. The zero-order valence-electron chi connectivity index (χ0n) is 13.4. The van der Waals surface area contributed by atoms with Crippen LogP contribution in [0.25, 0.3) is 0 Å². The molecular weight excluding hydrogens is 431 g/mol. The standard InChI is InChI=1S/C6H8N2O2S.C4H3BrN2O2.C2H6S.Na/c1-2-11-4-3-7-6(10)8-5(4)9;5-2-1-6-4(9)7-3(2)8;1-2-3;/h3H,2H2,1H3,(H2,7,8,9,10);1H,(H2,6,7,8,9);3H,2H2,1H3;/q;;;+1/p-1.